The molecule has 1 unspecified atom stereocenters. The fourth-order valence-electron chi connectivity index (χ4n) is 2.51. The van der Waals surface area contributed by atoms with Gasteiger partial charge in [0.2, 0.25) is 0 Å². The first-order valence-corrected chi connectivity index (χ1v) is 6.66. The summed E-state index contributed by atoms with van der Waals surface area (Å²) in [6.07, 6.45) is 10.9. The van der Waals surface area contributed by atoms with Gasteiger partial charge < -0.3 is 9.47 Å². The van der Waals surface area contributed by atoms with Crippen LogP contribution in [0.25, 0.3) is 0 Å². The SMILES string of the molecule is CC1(CCOC=C2CCCCC2)CCOC1. The molecule has 16 heavy (non-hydrogen) atoms. The van der Waals surface area contributed by atoms with Gasteiger partial charge in [0.05, 0.1) is 19.5 Å². The standard InChI is InChI=1S/C14H24O2/c1-14(8-10-16-12-14)7-9-15-11-13-5-3-2-4-6-13/h11H,2-10,12H2,1H3. The van der Waals surface area contributed by atoms with Crippen LogP contribution >= 0.6 is 0 Å². The first kappa shape index (κ1) is 12.0. The van der Waals surface area contributed by atoms with Crippen molar-refractivity contribution in [2.75, 3.05) is 19.8 Å². The lowest BCUT2D eigenvalue weighted by molar-refractivity contribution is 0.130. The molecule has 1 saturated carbocycles. The lowest BCUT2D eigenvalue weighted by Crippen LogP contribution is -2.18. The Bertz CT molecular complexity index is 231. The van der Waals surface area contributed by atoms with Gasteiger partial charge in [0.15, 0.2) is 0 Å². The van der Waals surface area contributed by atoms with Gasteiger partial charge >= 0.3 is 0 Å². The van der Waals surface area contributed by atoms with Crippen molar-refractivity contribution in [3.05, 3.63) is 11.8 Å². The summed E-state index contributed by atoms with van der Waals surface area (Å²) in [7, 11) is 0. The quantitative estimate of drug-likeness (QED) is 0.536. The van der Waals surface area contributed by atoms with Crippen molar-refractivity contribution in [3.63, 3.8) is 0 Å². The molecule has 0 aromatic carbocycles. The summed E-state index contributed by atoms with van der Waals surface area (Å²) < 4.78 is 11.1. The van der Waals surface area contributed by atoms with Crippen LogP contribution in [0.3, 0.4) is 0 Å². The molecule has 0 N–H and O–H groups in total. The zero-order chi connectivity index (χ0) is 11.3. The van der Waals surface area contributed by atoms with Gasteiger partial charge in [-0.25, -0.2) is 0 Å². The molecular formula is C14H24O2. The van der Waals surface area contributed by atoms with E-state index in [2.05, 4.69) is 6.92 Å². The van der Waals surface area contributed by atoms with Crippen molar-refractivity contribution in [2.45, 2.75) is 51.9 Å². The van der Waals surface area contributed by atoms with E-state index in [1.807, 2.05) is 6.26 Å². The summed E-state index contributed by atoms with van der Waals surface area (Å²) in [5.74, 6) is 0. The molecular weight excluding hydrogens is 200 g/mol. The first-order chi connectivity index (χ1) is 7.79. The van der Waals surface area contributed by atoms with Gasteiger partial charge in [0.25, 0.3) is 0 Å². The molecule has 2 nitrogen and oxygen atoms in total. The summed E-state index contributed by atoms with van der Waals surface area (Å²) in [5.41, 5.74) is 1.88. The van der Waals surface area contributed by atoms with Crippen LogP contribution < -0.4 is 0 Å². The highest BCUT2D eigenvalue weighted by Crippen LogP contribution is 2.31. The minimum Gasteiger partial charge on any atom is -0.501 e. The van der Waals surface area contributed by atoms with Crippen molar-refractivity contribution in [1.29, 1.82) is 0 Å². The van der Waals surface area contributed by atoms with E-state index in [9.17, 15) is 0 Å². The number of rotatable bonds is 4. The smallest absolute Gasteiger partial charge is 0.0879 e. The average Bonchev–Trinajstić information content (AvgIpc) is 2.74. The predicted octanol–water partition coefficient (Wildman–Crippen LogP) is 3.67. The zero-order valence-electron chi connectivity index (χ0n) is 10.5. The highest BCUT2D eigenvalue weighted by Gasteiger charge is 2.29. The monoisotopic (exact) mass is 224 g/mol. The third-order valence-electron chi connectivity index (χ3n) is 3.87. The van der Waals surface area contributed by atoms with Crippen LogP contribution in [0.4, 0.5) is 0 Å². The maximum absolute atomic E-state index is 5.68. The molecule has 1 aliphatic heterocycles. The molecule has 92 valence electrons. The molecule has 2 fully saturated rings. The van der Waals surface area contributed by atoms with E-state index in [0.29, 0.717) is 5.41 Å². The minimum absolute atomic E-state index is 0.366. The van der Waals surface area contributed by atoms with Gasteiger partial charge in [-0.05, 0) is 49.5 Å². The Balaban J connectivity index is 1.63. The van der Waals surface area contributed by atoms with E-state index in [4.69, 9.17) is 9.47 Å². The van der Waals surface area contributed by atoms with E-state index in [1.165, 1.54) is 44.1 Å². The first-order valence-electron chi connectivity index (χ1n) is 6.66. The van der Waals surface area contributed by atoms with Crippen LogP contribution in [0.5, 0.6) is 0 Å². The molecule has 0 aromatic heterocycles. The van der Waals surface area contributed by atoms with Crippen LogP contribution in [0.1, 0.15) is 51.9 Å². The highest BCUT2D eigenvalue weighted by atomic mass is 16.5. The number of hydrogen-bond acceptors (Lipinski definition) is 2. The lowest BCUT2D eigenvalue weighted by atomic mass is 9.87. The van der Waals surface area contributed by atoms with Crippen LogP contribution in [-0.2, 0) is 9.47 Å². The summed E-state index contributed by atoms with van der Waals surface area (Å²) in [6.45, 7) is 4.99. The zero-order valence-corrected chi connectivity index (χ0v) is 10.5. The van der Waals surface area contributed by atoms with E-state index in [1.54, 1.807) is 0 Å². The van der Waals surface area contributed by atoms with Crippen LogP contribution in [0, 0.1) is 5.41 Å². The molecule has 1 saturated heterocycles. The molecule has 0 amide bonds. The van der Waals surface area contributed by atoms with Crippen LogP contribution in [-0.4, -0.2) is 19.8 Å². The molecule has 0 aromatic rings. The Morgan fingerprint density at radius 2 is 2.12 bits per heavy atom. The second kappa shape index (κ2) is 5.72. The Kier molecular flexibility index (Phi) is 4.28. The fourth-order valence-corrected chi connectivity index (χ4v) is 2.51. The van der Waals surface area contributed by atoms with Crippen molar-refractivity contribution < 1.29 is 9.47 Å². The number of allylic oxidation sites excluding steroid dienone is 1. The van der Waals surface area contributed by atoms with E-state index in [-0.39, 0.29) is 0 Å². The van der Waals surface area contributed by atoms with Crippen LogP contribution in [0.2, 0.25) is 0 Å². The minimum atomic E-state index is 0.366. The van der Waals surface area contributed by atoms with Gasteiger partial charge in [-0.3, -0.25) is 0 Å². The van der Waals surface area contributed by atoms with Gasteiger partial charge in [-0.1, -0.05) is 13.3 Å². The fraction of sp³-hybridized carbons (Fsp3) is 0.857. The predicted molar refractivity (Wildman–Crippen MR) is 65.3 cm³/mol. The van der Waals surface area contributed by atoms with E-state index in [0.717, 1.165) is 26.2 Å². The van der Waals surface area contributed by atoms with Crippen molar-refractivity contribution in [1.82, 2.24) is 0 Å². The lowest BCUT2D eigenvalue weighted by Gasteiger charge is -2.21. The molecule has 1 heterocycles. The molecule has 1 atom stereocenters. The Morgan fingerprint density at radius 1 is 1.31 bits per heavy atom. The molecule has 0 radical (unpaired) electrons. The third-order valence-corrected chi connectivity index (χ3v) is 3.87. The topological polar surface area (TPSA) is 18.5 Å². The maximum Gasteiger partial charge on any atom is 0.0879 e. The molecule has 2 heteroatoms. The van der Waals surface area contributed by atoms with Gasteiger partial charge in [0.1, 0.15) is 0 Å². The summed E-state index contributed by atoms with van der Waals surface area (Å²) in [4.78, 5) is 0. The molecule has 0 spiro atoms. The van der Waals surface area contributed by atoms with Crippen molar-refractivity contribution in [2.24, 2.45) is 5.41 Å². The summed E-state index contributed by atoms with van der Waals surface area (Å²) >= 11 is 0. The second-order valence-electron chi connectivity index (χ2n) is 5.57. The van der Waals surface area contributed by atoms with E-state index < -0.39 is 0 Å². The Hall–Kier alpha value is -0.500. The molecule has 2 rings (SSSR count). The van der Waals surface area contributed by atoms with Crippen molar-refractivity contribution >= 4 is 0 Å². The van der Waals surface area contributed by atoms with Gasteiger partial charge in [-0.2, -0.15) is 0 Å². The maximum atomic E-state index is 5.68. The highest BCUT2D eigenvalue weighted by molar-refractivity contribution is 5.00. The third kappa shape index (κ3) is 3.51. The molecule has 2 aliphatic rings. The number of hydrogen-bond donors (Lipinski definition) is 0. The van der Waals surface area contributed by atoms with Gasteiger partial charge in [0, 0.05) is 6.61 Å². The van der Waals surface area contributed by atoms with Crippen molar-refractivity contribution in [3.8, 4) is 0 Å². The largest absolute Gasteiger partial charge is 0.501 e. The Labute approximate surface area is 99.0 Å². The van der Waals surface area contributed by atoms with Crippen LogP contribution in [0.15, 0.2) is 11.8 Å². The second-order valence-corrected chi connectivity index (χ2v) is 5.57. The van der Waals surface area contributed by atoms with E-state index >= 15 is 0 Å². The normalized spacial score (nSPS) is 30.4. The number of ether oxygens (including phenoxy) is 2. The molecule has 1 aliphatic carbocycles. The van der Waals surface area contributed by atoms with Gasteiger partial charge in [-0.15, -0.1) is 0 Å². The molecule has 0 bridgehead atoms. The summed E-state index contributed by atoms with van der Waals surface area (Å²) in [5, 5.41) is 0. The Morgan fingerprint density at radius 3 is 2.81 bits per heavy atom. The average molecular weight is 224 g/mol. The summed E-state index contributed by atoms with van der Waals surface area (Å²) in [6, 6.07) is 0.